The van der Waals surface area contributed by atoms with E-state index < -0.39 is 0 Å². The molecular weight excluding hydrogens is 258 g/mol. The van der Waals surface area contributed by atoms with Gasteiger partial charge in [-0.3, -0.25) is 0 Å². The van der Waals surface area contributed by atoms with E-state index >= 15 is 0 Å². The van der Waals surface area contributed by atoms with Crippen molar-refractivity contribution < 1.29 is 0 Å². The molecule has 2 aromatic rings. The van der Waals surface area contributed by atoms with E-state index in [0.29, 0.717) is 0 Å². The maximum atomic E-state index is 4.80. The van der Waals surface area contributed by atoms with Crippen molar-refractivity contribution in [3.05, 3.63) is 40.1 Å². The lowest BCUT2D eigenvalue weighted by Crippen LogP contribution is -2.08. The lowest BCUT2D eigenvalue weighted by atomic mass is 9.99. The van der Waals surface area contributed by atoms with Crippen LogP contribution in [0.2, 0.25) is 0 Å². The van der Waals surface area contributed by atoms with Crippen molar-refractivity contribution in [2.75, 3.05) is 11.9 Å². The van der Waals surface area contributed by atoms with Gasteiger partial charge in [-0.1, -0.05) is 24.6 Å². The molecule has 112 valence electrons. The van der Waals surface area contributed by atoms with Crippen molar-refractivity contribution in [3.63, 3.8) is 0 Å². The van der Waals surface area contributed by atoms with Gasteiger partial charge in [0.2, 0.25) is 0 Å². The molecule has 0 aliphatic rings. The van der Waals surface area contributed by atoms with E-state index in [1.807, 2.05) is 0 Å². The van der Waals surface area contributed by atoms with Crippen molar-refractivity contribution in [1.29, 1.82) is 0 Å². The van der Waals surface area contributed by atoms with Gasteiger partial charge in [-0.2, -0.15) is 0 Å². The van der Waals surface area contributed by atoms with Gasteiger partial charge in [0, 0.05) is 23.4 Å². The molecule has 0 amide bonds. The van der Waals surface area contributed by atoms with E-state index in [0.717, 1.165) is 41.4 Å². The lowest BCUT2D eigenvalue weighted by Gasteiger charge is -2.15. The van der Waals surface area contributed by atoms with Crippen LogP contribution < -0.4 is 5.32 Å². The minimum Gasteiger partial charge on any atom is -0.370 e. The summed E-state index contributed by atoms with van der Waals surface area (Å²) in [6.07, 6.45) is 0.920. The molecule has 0 aliphatic heterocycles. The highest BCUT2D eigenvalue weighted by Crippen LogP contribution is 2.28. The first-order chi connectivity index (χ1) is 9.97. The quantitative estimate of drug-likeness (QED) is 0.905. The molecule has 3 heteroatoms. The monoisotopic (exact) mass is 283 g/mol. The number of rotatable bonds is 4. The van der Waals surface area contributed by atoms with Gasteiger partial charge in [-0.15, -0.1) is 0 Å². The number of hydrogen-bond donors (Lipinski definition) is 1. The zero-order valence-corrected chi connectivity index (χ0v) is 14.0. The molecular formula is C18H25N3. The number of hydrogen-bond acceptors (Lipinski definition) is 3. The maximum absolute atomic E-state index is 4.80. The summed E-state index contributed by atoms with van der Waals surface area (Å²) in [7, 11) is 0. The fourth-order valence-corrected chi connectivity index (χ4v) is 2.89. The fourth-order valence-electron chi connectivity index (χ4n) is 2.89. The SMILES string of the molecule is CCNc1nc(-c2c(C)cc(C)cc2C)nc(CC)c1C. The summed E-state index contributed by atoms with van der Waals surface area (Å²) in [6, 6.07) is 4.40. The molecule has 1 N–H and O–H groups in total. The second kappa shape index (κ2) is 6.25. The highest BCUT2D eigenvalue weighted by atomic mass is 15.0. The Hall–Kier alpha value is -1.90. The minimum absolute atomic E-state index is 0.836. The van der Waals surface area contributed by atoms with E-state index in [2.05, 4.69) is 59.0 Å². The molecule has 0 saturated heterocycles. The van der Waals surface area contributed by atoms with Gasteiger partial charge >= 0.3 is 0 Å². The van der Waals surface area contributed by atoms with E-state index in [1.165, 1.54) is 16.7 Å². The zero-order chi connectivity index (χ0) is 15.6. The number of aryl methyl sites for hydroxylation is 4. The topological polar surface area (TPSA) is 37.8 Å². The van der Waals surface area contributed by atoms with Crippen molar-refractivity contribution in [2.45, 2.75) is 48.0 Å². The summed E-state index contributed by atoms with van der Waals surface area (Å²) in [5, 5.41) is 3.36. The predicted octanol–water partition coefficient (Wildman–Crippen LogP) is 4.37. The second-order valence-electron chi connectivity index (χ2n) is 5.63. The smallest absolute Gasteiger partial charge is 0.162 e. The van der Waals surface area contributed by atoms with Gasteiger partial charge in [-0.05, 0) is 52.2 Å². The molecule has 0 spiro atoms. The number of nitrogens with zero attached hydrogens (tertiary/aromatic N) is 2. The Bertz CT molecular complexity index is 637. The first-order valence-electron chi connectivity index (χ1n) is 7.67. The minimum atomic E-state index is 0.836. The van der Waals surface area contributed by atoms with E-state index in [1.54, 1.807) is 0 Å². The van der Waals surface area contributed by atoms with Crippen LogP contribution in [-0.4, -0.2) is 16.5 Å². The van der Waals surface area contributed by atoms with Crippen molar-refractivity contribution in [3.8, 4) is 11.4 Å². The van der Waals surface area contributed by atoms with Crippen molar-refractivity contribution >= 4 is 5.82 Å². The van der Waals surface area contributed by atoms with Crippen LogP contribution in [0.3, 0.4) is 0 Å². The van der Waals surface area contributed by atoms with Crippen LogP contribution in [0, 0.1) is 27.7 Å². The molecule has 1 aromatic heterocycles. The normalized spacial score (nSPS) is 10.8. The summed E-state index contributed by atoms with van der Waals surface area (Å²) >= 11 is 0. The third kappa shape index (κ3) is 3.07. The van der Waals surface area contributed by atoms with E-state index in [9.17, 15) is 0 Å². The summed E-state index contributed by atoms with van der Waals surface area (Å²) < 4.78 is 0. The van der Waals surface area contributed by atoms with Gasteiger partial charge in [-0.25, -0.2) is 9.97 Å². The Balaban J connectivity index is 2.67. The van der Waals surface area contributed by atoms with Crippen LogP contribution in [-0.2, 0) is 6.42 Å². The van der Waals surface area contributed by atoms with E-state index in [4.69, 9.17) is 9.97 Å². The highest BCUT2D eigenvalue weighted by molar-refractivity contribution is 5.67. The van der Waals surface area contributed by atoms with Gasteiger partial charge in [0.25, 0.3) is 0 Å². The van der Waals surface area contributed by atoms with Crippen LogP contribution in [0.1, 0.15) is 41.8 Å². The van der Waals surface area contributed by atoms with Crippen molar-refractivity contribution in [1.82, 2.24) is 9.97 Å². The largest absolute Gasteiger partial charge is 0.370 e. The molecule has 0 aliphatic carbocycles. The van der Waals surface area contributed by atoms with Crippen molar-refractivity contribution in [2.24, 2.45) is 0 Å². The van der Waals surface area contributed by atoms with E-state index in [-0.39, 0.29) is 0 Å². The highest BCUT2D eigenvalue weighted by Gasteiger charge is 2.14. The Morgan fingerprint density at radius 2 is 1.57 bits per heavy atom. The first kappa shape index (κ1) is 15.5. The number of benzene rings is 1. The number of nitrogens with one attached hydrogen (secondary N) is 1. The molecule has 1 heterocycles. The molecule has 0 atom stereocenters. The Morgan fingerprint density at radius 3 is 2.10 bits per heavy atom. The molecule has 1 aromatic carbocycles. The summed E-state index contributed by atoms with van der Waals surface area (Å²) in [5.74, 6) is 1.79. The average Bonchev–Trinajstić information content (AvgIpc) is 2.41. The third-order valence-electron chi connectivity index (χ3n) is 3.83. The lowest BCUT2D eigenvalue weighted by molar-refractivity contribution is 0.967. The third-order valence-corrected chi connectivity index (χ3v) is 3.83. The van der Waals surface area contributed by atoms with Gasteiger partial charge in [0.15, 0.2) is 5.82 Å². The van der Waals surface area contributed by atoms with Crippen LogP contribution in [0.4, 0.5) is 5.82 Å². The molecule has 3 nitrogen and oxygen atoms in total. The average molecular weight is 283 g/mol. The number of aromatic nitrogens is 2. The molecule has 0 saturated carbocycles. The summed E-state index contributed by atoms with van der Waals surface area (Å²) in [5.41, 5.74) is 7.19. The molecule has 0 bridgehead atoms. The molecule has 2 rings (SSSR count). The van der Waals surface area contributed by atoms with Crippen LogP contribution in [0.15, 0.2) is 12.1 Å². The summed E-state index contributed by atoms with van der Waals surface area (Å²) in [4.78, 5) is 9.57. The Morgan fingerprint density at radius 1 is 0.952 bits per heavy atom. The summed E-state index contributed by atoms with van der Waals surface area (Å²) in [6.45, 7) is 13.6. The molecule has 0 fully saturated rings. The molecule has 0 unspecified atom stereocenters. The maximum Gasteiger partial charge on any atom is 0.162 e. The standard InChI is InChI=1S/C18H25N3/c1-7-15-14(6)17(19-8-2)21-18(20-15)16-12(4)9-11(3)10-13(16)5/h9-10H,7-8H2,1-6H3,(H,19,20,21). The predicted molar refractivity (Wildman–Crippen MR) is 90.0 cm³/mol. The first-order valence-corrected chi connectivity index (χ1v) is 7.67. The Kier molecular flexibility index (Phi) is 4.61. The van der Waals surface area contributed by atoms with Gasteiger partial charge in [0.05, 0.1) is 0 Å². The Labute approximate surface area is 127 Å². The van der Waals surface area contributed by atoms with Crippen LogP contribution >= 0.6 is 0 Å². The second-order valence-corrected chi connectivity index (χ2v) is 5.63. The molecule has 21 heavy (non-hydrogen) atoms. The molecule has 0 radical (unpaired) electrons. The van der Waals surface area contributed by atoms with Gasteiger partial charge in [0.1, 0.15) is 5.82 Å². The fraction of sp³-hybridized carbons (Fsp3) is 0.444. The zero-order valence-electron chi connectivity index (χ0n) is 14.0. The van der Waals surface area contributed by atoms with Crippen LogP contribution in [0.5, 0.6) is 0 Å². The van der Waals surface area contributed by atoms with Crippen LogP contribution in [0.25, 0.3) is 11.4 Å². The number of anilines is 1. The van der Waals surface area contributed by atoms with Gasteiger partial charge < -0.3 is 5.32 Å².